The summed E-state index contributed by atoms with van der Waals surface area (Å²) in [6.07, 6.45) is -4.44. The predicted molar refractivity (Wildman–Crippen MR) is 61.8 cm³/mol. The van der Waals surface area contributed by atoms with Gasteiger partial charge in [-0.3, -0.25) is 0 Å². The van der Waals surface area contributed by atoms with Crippen LogP contribution in [0.2, 0.25) is 5.02 Å². The molecule has 0 N–H and O–H groups in total. The van der Waals surface area contributed by atoms with Crippen LogP contribution < -0.4 is 0 Å². The fourth-order valence-electron chi connectivity index (χ4n) is 1.58. The molecule has 0 amide bonds. The molecule has 0 nitrogen and oxygen atoms in total. The van der Waals surface area contributed by atoms with Crippen LogP contribution in [0.1, 0.15) is 5.56 Å². The molecule has 0 heterocycles. The third kappa shape index (κ3) is 2.64. The van der Waals surface area contributed by atoms with Gasteiger partial charge in [0.15, 0.2) is 0 Å². The monoisotopic (exact) mass is 274 g/mol. The third-order valence-corrected chi connectivity index (χ3v) is 2.74. The van der Waals surface area contributed by atoms with Gasteiger partial charge < -0.3 is 0 Å². The Morgan fingerprint density at radius 2 is 1.67 bits per heavy atom. The molecule has 0 radical (unpaired) electrons. The fourth-order valence-corrected chi connectivity index (χ4v) is 1.87. The summed E-state index contributed by atoms with van der Waals surface area (Å²) in [5, 5.41) is -0.0598. The smallest absolute Gasteiger partial charge is 0.207 e. The summed E-state index contributed by atoms with van der Waals surface area (Å²) in [4.78, 5) is 0. The zero-order chi connectivity index (χ0) is 13.3. The van der Waals surface area contributed by atoms with Crippen molar-refractivity contribution < 1.29 is 17.6 Å². The Hall–Kier alpha value is -1.55. The maximum atomic E-state index is 13.0. The molecule has 94 valence electrons. The van der Waals surface area contributed by atoms with E-state index in [1.807, 2.05) is 0 Å². The summed E-state index contributed by atoms with van der Waals surface area (Å²) in [6.45, 7) is 0. The first kappa shape index (κ1) is 12.9. The average molecular weight is 275 g/mol. The topological polar surface area (TPSA) is 0 Å². The Balaban J connectivity index is 2.48. The molecule has 0 spiro atoms. The lowest BCUT2D eigenvalue weighted by Gasteiger charge is -2.10. The molecule has 18 heavy (non-hydrogen) atoms. The van der Waals surface area contributed by atoms with E-state index in [1.165, 1.54) is 24.3 Å². The van der Waals surface area contributed by atoms with Crippen LogP contribution >= 0.6 is 11.6 Å². The van der Waals surface area contributed by atoms with E-state index in [1.54, 1.807) is 6.07 Å². The Morgan fingerprint density at radius 1 is 0.944 bits per heavy atom. The van der Waals surface area contributed by atoms with E-state index in [-0.39, 0.29) is 5.02 Å². The molecule has 0 bridgehead atoms. The molecule has 0 saturated carbocycles. The number of rotatable bonds is 1. The van der Waals surface area contributed by atoms with Crippen molar-refractivity contribution in [3.63, 3.8) is 0 Å². The van der Waals surface area contributed by atoms with Crippen LogP contribution in [0.4, 0.5) is 17.6 Å². The van der Waals surface area contributed by atoms with E-state index >= 15 is 0 Å². The van der Waals surface area contributed by atoms with Crippen LogP contribution in [-0.4, -0.2) is 0 Å². The van der Waals surface area contributed by atoms with E-state index in [0.717, 1.165) is 12.1 Å². The molecular formula is C13H7ClF4. The molecule has 2 rings (SSSR count). The maximum Gasteiger partial charge on any atom is 0.416 e. The fraction of sp³-hybridized carbons (Fsp3) is 0.0769. The normalized spacial score (nSPS) is 11.6. The van der Waals surface area contributed by atoms with Crippen LogP contribution in [0.25, 0.3) is 11.1 Å². The second-order valence-electron chi connectivity index (χ2n) is 3.70. The molecule has 0 aromatic heterocycles. The number of alkyl halides is 3. The van der Waals surface area contributed by atoms with Crippen molar-refractivity contribution in [2.75, 3.05) is 0 Å². The van der Waals surface area contributed by atoms with Gasteiger partial charge in [0.05, 0.1) is 5.56 Å². The highest BCUT2D eigenvalue weighted by Gasteiger charge is 2.30. The number of benzene rings is 2. The molecule has 0 aliphatic carbocycles. The van der Waals surface area contributed by atoms with Crippen molar-refractivity contribution in [1.29, 1.82) is 0 Å². The minimum absolute atomic E-state index is 0.0598. The van der Waals surface area contributed by atoms with Crippen molar-refractivity contribution in [1.82, 2.24) is 0 Å². The van der Waals surface area contributed by atoms with Crippen LogP contribution in [0.3, 0.4) is 0 Å². The lowest BCUT2D eigenvalue weighted by Crippen LogP contribution is -2.04. The van der Waals surface area contributed by atoms with Crippen molar-refractivity contribution >= 4 is 11.6 Å². The maximum absolute atomic E-state index is 13.0. The summed E-state index contributed by atoms with van der Waals surface area (Å²) in [5.41, 5.74) is -0.0226. The minimum atomic E-state index is -4.44. The van der Waals surface area contributed by atoms with Gasteiger partial charge in [0.25, 0.3) is 0 Å². The zero-order valence-electron chi connectivity index (χ0n) is 8.93. The Labute approximate surface area is 106 Å². The first-order valence-electron chi connectivity index (χ1n) is 5.00. The second kappa shape index (κ2) is 4.61. The molecule has 0 unspecified atom stereocenters. The van der Waals surface area contributed by atoms with E-state index in [2.05, 4.69) is 0 Å². The van der Waals surface area contributed by atoms with Crippen LogP contribution in [0.5, 0.6) is 0 Å². The molecule has 0 aliphatic heterocycles. The van der Waals surface area contributed by atoms with Crippen molar-refractivity contribution in [2.24, 2.45) is 0 Å². The molecule has 5 heteroatoms. The zero-order valence-corrected chi connectivity index (χ0v) is 9.69. The molecule has 0 atom stereocenters. The van der Waals surface area contributed by atoms with Crippen LogP contribution in [0.15, 0.2) is 42.5 Å². The summed E-state index contributed by atoms with van der Waals surface area (Å²) >= 11 is 5.80. The standard InChI is InChI=1S/C13H7ClF4/c14-12-7-9(13(16,17)18)4-5-11(12)8-2-1-3-10(15)6-8/h1-7H. The highest BCUT2D eigenvalue weighted by atomic mass is 35.5. The summed E-state index contributed by atoms with van der Waals surface area (Å²) in [7, 11) is 0. The Bertz CT molecular complexity index is 575. The Morgan fingerprint density at radius 3 is 2.22 bits per heavy atom. The second-order valence-corrected chi connectivity index (χ2v) is 4.11. The number of hydrogen-bond acceptors (Lipinski definition) is 0. The van der Waals surface area contributed by atoms with Gasteiger partial charge in [0.1, 0.15) is 5.82 Å². The summed E-state index contributed by atoms with van der Waals surface area (Å²) in [6, 6.07) is 8.51. The molecule has 2 aromatic carbocycles. The highest BCUT2D eigenvalue weighted by molar-refractivity contribution is 6.33. The SMILES string of the molecule is Fc1cccc(-c2ccc(C(F)(F)F)cc2Cl)c1. The van der Waals surface area contributed by atoms with Crippen LogP contribution in [-0.2, 0) is 6.18 Å². The van der Waals surface area contributed by atoms with E-state index in [4.69, 9.17) is 11.6 Å². The molecule has 0 aliphatic rings. The number of hydrogen-bond donors (Lipinski definition) is 0. The molecular weight excluding hydrogens is 268 g/mol. The van der Waals surface area contributed by atoms with Crippen LogP contribution in [0, 0.1) is 5.82 Å². The van der Waals surface area contributed by atoms with E-state index < -0.39 is 17.6 Å². The van der Waals surface area contributed by atoms with E-state index in [9.17, 15) is 17.6 Å². The van der Waals surface area contributed by atoms with Gasteiger partial charge in [-0.1, -0.05) is 29.8 Å². The predicted octanol–water partition coefficient (Wildman–Crippen LogP) is 5.16. The van der Waals surface area contributed by atoms with Gasteiger partial charge in [0.2, 0.25) is 0 Å². The van der Waals surface area contributed by atoms with Gasteiger partial charge in [-0.2, -0.15) is 13.2 Å². The lowest BCUT2D eigenvalue weighted by atomic mass is 10.0. The number of halogens is 5. The first-order valence-corrected chi connectivity index (χ1v) is 5.38. The van der Waals surface area contributed by atoms with Gasteiger partial charge >= 0.3 is 6.18 Å². The van der Waals surface area contributed by atoms with Crippen molar-refractivity contribution in [3.8, 4) is 11.1 Å². The molecule has 0 saturated heterocycles. The summed E-state index contributed by atoms with van der Waals surface area (Å²) < 4.78 is 50.4. The molecule has 2 aromatic rings. The van der Waals surface area contributed by atoms with Gasteiger partial charge in [-0.05, 0) is 29.8 Å². The molecule has 0 fully saturated rings. The Kier molecular flexibility index (Phi) is 3.30. The van der Waals surface area contributed by atoms with Gasteiger partial charge in [0, 0.05) is 10.6 Å². The lowest BCUT2D eigenvalue weighted by molar-refractivity contribution is -0.137. The largest absolute Gasteiger partial charge is 0.416 e. The minimum Gasteiger partial charge on any atom is -0.207 e. The highest BCUT2D eigenvalue weighted by Crippen LogP contribution is 2.35. The van der Waals surface area contributed by atoms with Gasteiger partial charge in [-0.15, -0.1) is 0 Å². The summed E-state index contributed by atoms with van der Waals surface area (Å²) in [5.74, 6) is -0.469. The average Bonchev–Trinajstić information content (AvgIpc) is 2.27. The van der Waals surface area contributed by atoms with Crippen molar-refractivity contribution in [2.45, 2.75) is 6.18 Å². The van der Waals surface area contributed by atoms with Gasteiger partial charge in [-0.25, -0.2) is 4.39 Å². The van der Waals surface area contributed by atoms with E-state index in [0.29, 0.717) is 11.1 Å². The van der Waals surface area contributed by atoms with Crippen molar-refractivity contribution in [3.05, 3.63) is 58.9 Å². The first-order chi connectivity index (χ1) is 8.38. The quantitative estimate of drug-likeness (QED) is 0.630. The third-order valence-electron chi connectivity index (χ3n) is 2.43.